The maximum Gasteiger partial charge on any atom is 0.123 e. The molecule has 1 unspecified atom stereocenters. The standard InChI is InChI=1S/C17H19N3/c1-11-9-14(7-8-15(11)17(18)19)20-12(2)10-13-5-3-4-6-16(13)20/h3-9,12H,10H2,1-2H3,(H3,18,19). The molecule has 0 bridgehead atoms. The van der Waals surface area contributed by atoms with E-state index in [1.807, 2.05) is 13.0 Å². The summed E-state index contributed by atoms with van der Waals surface area (Å²) in [4.78, 5) is 2.37. The first-order valence-corrected chi connectivity index (χ1v) is 6.90. The van der Waals surface area contributed by atoms with Crippen LogP contribution >= 0.6 is 0 Å². The maximum absolute atomic E-state index is 7.58. The van der Waals surface area contributed by atoms with Crippen LogP contribution < -0.4 is 10.6 Å². The monoisotopic (exact) mass is 265 g/mol. The van der Waals surface area contributed by atoms with Crippen molar-refractivity contribution in [3.8, 4) is 0 Å². The third-order valence-corrected chi connectivity index (χ3v) is 3.99. The van der Waals surface area contributed by atoms with Crippen molar-refractivity contribution in [3.63, 3.8) is 0 Å². The van der Waals surface area contributed by atoms with Gasteiger partial charge in [-0.3, -0.25) is 5.41 Å². The molecule has 0 spiro atoms. The summed E-state index contributed by atoms with van der Waals surface area (Å²) in [6.45, 7) is 4.25. The summed E-state index contributed by atoms with van der Waals surface area (Å²) in [6.07, 6.45) is 1.07. The first kappa shape index (κ1) is 12.7. The number of benzene rings is 2. The number of rotatable bonds is 2. The van der Waals surface area contributed by atoms with Crippen LogP contribution in [0.5, 0.6) is 0 Å². The molecule has 0 saturated heterocycles. The highest BCUT2D eigenvalue weighted by molar-refractivity contribution is 5.96. The number of aryl methyl sites for hydroxylation is 1. The number of anilines is 2. The van der Waals surface area contributed by atoms with E-state index in [-0.39, 0.29) is 5.84 Å². The maximum atomic E-state index is 7.58. The van der Waals surface area contributed by atoms with Crippen LogP contribution in [0.15, 0.2) is 42.5 Å². The highest BCUT2D eigenvalue weighted by Gasteiger charge is 2.26. The quantitative estimate of drug-likeness (QED) is 0.646. The third kappa shape index (κ3) is 1.95. The molecule has 0 fully saturated rings. The lowest BCUT2D eigenvalue weighted by Gasteiger charge is -2.26. The van der Waals surface area contributed by atoms with Crippen molar-refractivity contribution < 1.29 is 0 Å². The SMILES string of the molecule is Cc1cc(N2c3ccccc3CC2C)ccc1C(=N)N. The van der Waals surface area contributed by atoms with Crippen molar-refractivity contribution in [3.05, 3.63) is 59.2 Å². The summed E-state index contributed by atoms with van der Waals surface area (Å²) in [5, 5.41) is 7.58. The lowest BCUT2D eigenvalue weighted by molar-refractivity contribution is 0.759. The normalized spacial score (nSPS) is 17.1. The zero-order valence-electron chi connectivity index (χ0n) is 11.9. The predicted molar refractivity (Wildman–Crippen MR) is 83.9 cm³/mol. The number of amidine groups is 1. The molecule has 102 valence electrons. The van der Waals surface area contributed by atoms with Crippen LogP contribution in [0.2, 0.25) is 0 Å². The zero-order valence-corrected chi connectivity index (χ0v) is 11.9. The Morgan fingerprint density at radius 2 is 2.00 bits per heavy atom. The molecule has 0 aromatic heterocycles. The summed E-state index contributed by atoms with van der Waals surface area (Å²) in [5.41, 5.74) is 11.3. The zero-order chi connectivity index (χ0) is 14.3. The number of nitrogen functional groups attached to an aromatic ring is 1. The second kappa shape index (κ2) is 4.67. The van der Waals surface area contributed by atoms with E-state index in [2.05, 4.69) is 48.2 Å². The van der Waals surface area contributed by atoms with Crippen LogP contribution in [0, 0.1) is 12.3 Å². The van der Waals surface area contributed by atoms with E-state index in [9.17, 15) is 0 Å². The molecule has 1 heterocycles. The number of para-hydroxylation sites is 1. The molecule has 3 N–H and O–H groups in total. The largest absolute Gasteiger partial charge is 0.384 e. The summed E-state index contributed by atoms with van der Waals surface area (Å²) in [5.74, 6) is 0.129. The number of hydrogen-bond donors (Lipinski definition) is 2. The van der Waals surface area contributed by atoms with Crippen molar-refractivity contribution in [1.29, 1.82) is 5.41 Å². The molecule has 2 aromatic rings. The van der Waals surface area contributed by atoms with Crippen LogP contribution in [0.3, 0.4) is 0 Å². The lowest BCUT2D eigenvalue weighted by atomic mass is 10.1. The smallest absolute Gasteiger partial charge is 0.123 e. The minimum atomic E-state index is 0.129. The van der Waals surface area contributed by atoms with Crippen LogP contribution in [0.1, 0.15) is 23.6 Å². The van der Waals surface area contributed by atoms with E-state index >= 15 is 0 Å². The molecule has 0 aliphatic carbocycles. The first-order chi connectivity index (χ1) is 9.58. The van der Waals surface area contributed by atoms with Crippen LogP contribution in [-0.4, -0.2) is 11.9 Å². The molecule has 3 nitrogen and oxygen atoms in total. The minimum absolute atomic E-state index is 0.129. The van der Waals surface area contributed by atoms with E-state index in [1.165, 1.54) is 16.9 Å². The van der Waals surface area contributed by atoms with Crippen molar-refractivity contribution in [2.24, 2.45) is 5.73 Å². The van der Waals surface area contributed by atoms with Gasteiger partial charge in [0.05, 0.1) is 0 Å². The second-order valence-electron chi connectivity index (χ2n) is 5.46. The van der Waals surface area contributed by atoms with Gasteiger partial charge in [0.15, 0.2) is 0 Å². The molecular formula is C17H19N3. The van der Waals surface area contributed by atoms with E-state index in [4.69, 9.17) is 11.1 Å². The summed E-state index contributed by atoms with van der Waals surface area (Å²) in [7, 11) is 0. The van der Waals surface area contributed by atoms with Crippen LogP contribution in [0.25, 0.3) is 0 Å². The first-order valence-electron chi connectivity index (χ1n) is 6.90. The fraction of sp³-hybridized carbons (Fsp3) is 0.235. The highest BCUT2D eigenvalue weighted by atomic mass is 15.2. The Morgan fingerprint density at radius 3 is 2.70 bits per heavy atom. The van der Waals surface area contributed by atoms with Gasteiger partial charge in [-0.15, -0.1) is 0 Å². The number of nitrogens with one attached hydrogen (secondary N) is 1. The fourth-order valence-electron chi connectivity index (χ4n) is 3.06. The topological polar surface area (TPSA) is 53.1 Å². The Labute approximate surface area is 119 Å². The lowest BCUT2D eigenvalue weighted by Crippen LogP contribution is -2.24. The third-order valence-electron chi connectivity index (χ3n) is 3.99. The van der Waals surface area contributed by atoms with E-state index in [0.717, 1.165) is 17.5 Å². The van der Waals surface area contributed by atoms with E-state index in [1.54, 1.807) is 0 Å². The van der Waals surface area contributed by atoms with Gasteiger partial charge in [0, 0.05) is 23.0 Å². The van der Waals surface area contributed by atoms with Crippen molar-refractivity contribution in [1.82, 2.24) is 0 Å². The Kier molecular flexibility index (Phi) is 2.97. The van der Waals surface area contributed by atoms with Gasteiger partial charge in [-0.2, -0.15) is 0 Å². The van der Waals surface area contributed by atoms with Gasteiger partial charge in [-0.1, -0.05) is 18.2 Å². The van der Waals surface area contributed by atoms with Gasteiger partial charge in [0.1, 0.15) is 5.84 Å². The van der Waals surface area contributed by atoms with Gasteiger partial charge in [-0.25, -0.2) is 0 Å². The van der Waals surface area contributed by atoms with Gasteiger partial charge in [0.2, 0.25) is 0 Å². The Balaban J connectivity index is 2.06. The molecule has 0 saturated carbocycles. The molecule has 1 aliphatic rings. The van der Waals surface area contributed by atoms with Crippen molar-refractivity contribution >= 4 is 17.2 Å². The molecule has 1 atom stereocenters. The van der Waals surface area contributed by atoms with Gasteiger partial charge >= 0.3 is 0 Å². The minimum Gasteiger partial charge on any atom is -0.384 e. The molecule has 3 rings (SSSR count). The second-order valence-corrected chi connectivity index (χ2v) is 5.46. The predicted octanol–water partition coefficient (Wildman–Crippen LogP) is 3.36. The molecular weight excluding hydrogens is 246 g/mol. The number of hydrogen-bond acceptors (Lipinski definition) is 2. The van der Waals surface area contributed by atoms with Gasteiger partial charge < -0.3 is 10.6 Å². The average Bonchev–Trinajstić information content (AvgIpc) is 2.73. The van der Waals surface area contributed by atoms with Crippen molar-refractivity contribution in [2.45, 2.75) is 26.3 Å². The van der Waals surface area contributed by atoms with E-state index < -0.39 is 0 Å². The van der Waals surface area contributed by atoms with Crippen LogP contribution in [0.4, 0.5) is 11.4 Å². The number of fused-ring (bicyclic) bond motifs is 1. The molecule has 0 radical (unpaired) electrons. The molecule has 0 amide bonds. The Bertz CT molecular complexity index is 676. The summed E-state index contributed by atoms with van der Waals surface area (Å²) < 4.78 is 0. The fourth-order valence-corrected chi connectivity index (χ4v) is 3.06. The Hall–Kier alpha value is -2.29. The van der Waals surface area contributed by atoms with Crippen LogP contribution in [-0.2, 0) is 6.42 Å². The summed E-state index contributed by atoms with van der Waals surface area (Å²) in [6, 6.07) is 15.1. The molecule has 1 aliphatic heterocycles. The average molecular weight is 265 g/mol. The van der Waals surface area contributed by atoms with Crippen molar-refractivity contribution in [2.75, 3.05) is 4.90 Å². The molecule has 20 heavy (non-hydrogen) atoms. The highest BCUT2D eigenvalue weighted by Crippen LogP contribution is 2.38. The molecule has 3 heteroatoms. The van der Waals surface area contributed by atoms with E-state index in [0.29, 0.717) is 6.04 Å². The molecule has 2 aromatic carbocycles. The summed E-state index contributed by atoms with van der Waals surface area (Å²) >= 11 is 0. The van der Waals surface area contributed by atoms with Gasteiger partial charge in [0.25, 0.3) is 0 Å². The Morgan fingerprint density at radius 1 is 1.25 bits per heavy atom. The number of nitrogens with zero attached hydrogens (tertiary/aromatic N) is 1. The van der Waals surface area contributed by atoms with Gasteiger partial charge in [-0.05, 0) is 55.7 Å². The number of nitrogens with two attached hydrogens (primary N) is 1.